The number of aliphatic imine (C=N–C) groups is 1. The molecular formula is C11H14N2OS. The topological polar surface area (TPSA) is 24.8 Å². The van der Waals surface area contributed by atoms with Gasteiger partial charge >= 0.3 is 0 Å². The Hall–Kier alpha value is -1.38. The molecule has 0 saturated heterocycles. The summed E-state index contributed by atoms with van der Waals surface area (Å²) >= 11 is 4.46. The monoisotopic (exact) mass is 222 g/mol. The molecule has 0 N–H and O–H groups in total. The van der Waals surface area contributed by atoms with Crippen molar-refractivity contribution in [3.05, 3.63) is 24.3 Å². The highest BCUT2D eigenvalue weighted by atomic mass is 32.1. The number of hydrogen-bond donors (Lipinski definition) is 0. The largest absolute Gasteiger partial charge is 0.492 e. The molecule has 4 heteroatoms. The fraction of sp³-hybridized carbons (Fsp3) is 0.364. The van der Waals surface area contributed by atoms with Crippen molar-refractivity contribution >= 4 is 23.1 Å². The van der Waals surface area contributed by atoms with Crippen molar-refractivity contribution in [1.29, 1.82) is 0 Å². The van der Waals surface area contributed by atoms with E-state index in [0.717, 1.165) is 11.4 Å². The molecular weight excluding hydrogens is 208 g/mol. The summed E-state index contributed by atoms with van der Waals surface area (Å²) in [5.41, 5.74) is 1.12. The van der Waals surface area contributed by atoms with Gasteiger partial charge in [-0.1, -0.05) is 6.07 Å². The van der Waals surface area contributed by atoms with Gasteiger partial charge in [-0.15, -0.1) is 0 Å². The smallest absolute Gasteiger partial charge is 0.121 e. The van der Waals surface area contributed by atoms with Gasteiger partial charge in [-0.2, -0.15) is 0 Å². The maximum atomic E-state index is 5.49. The second-order valence-electron chi connectivity index (χ2n) is 3.21. The summed E-state index contributed by atoms with van der Waals surface area (Å²) in [5.74, 6) is 0.848. The van der Waals surface area contributed by atoms with Crippen molar-refractivity contribution in [2.24, 2.45) is 4.99 Å². The molecule has 0 aliphatic carbocycles. The normalized spacial score (nSPS) is 9.20. The van der Waals surface area contributed by atoms with Crippen LogP contribution in [0.2, 0.25) is 0 Å². The van der Waals surface area contributed by atoms with Gasteiger partial charge in [-0.25, -0.2) is 4.99 Å². The van der Waals surface area contributed by atoms with E-state index in [4.69, 9.17) is 4.74 Å². The van der Waals surface area contributed by atoms with Gasteiger partial charge in [-0.3, -0.25) is 0 Å². The number of isothiocyanates is 1. The summed E-state index contributed by atoms with van der Waals surface area (Å²) in [4.78, 5) is 5.80. The van der Waals surface area contributed by atoms with Crippen molar-refractivity contribution in [3.63, 3.8) is 0 Å². The number of hydrogen-bond acceptors (Lipinski definition) is 4. The van der Waals surface area contributed by atoms with E-state index >= 15 is 0 Å². The van der Waals surface area contributed by atoms with Crippen LogP contribution in [0.15, 0.2) is 29.3 Å². The van der Waals surface area contributed by atoms with Gasteiger partial charge in [0.05, 0.1) is 11.7 Å². The lowest BCUT2D eigenvalue weighted by molar-refractivity contribution is 0.329. The zero-order valence-electron chi connectivity index (χ0n) is 8.93. The lowest BCUT2D eigenvalue weighted by Crippen LogP contribution is -2.08. The Morgan fingerprint density at radius 1 is 1.47 bits per heavy atom. The van der Waals surface area contributed by atoms with Crippen molar-refractivity contribution < 1.29 is 4.74 Å². The molecule has 1 rings (SSSR count). The first-order chi connectivity index (χ1) is 7.24. The molecule has 1 aromatic carbocycles. The Labute approximate surface area is 95.4 Å². The van der Waals surface area contributed by atoms with E-state index in [0.29, 0.717) is 13.2 Å². The Kier molecular flexibility index (Phi) is 4.81. The van der Waals surface area contributed by atoms with Gasteiger partial charge < -0.3 is 9.64 Å². The first kappa shape index (κ1) is 11.7. The van der Waals surface area contributed by atoms with Gasteiger partial charge in [0.2, 0.25) is 0 Å². The highest BCUT2D eigenvalue weighted by Crippen LogP contribution is 2.18. The zero-order valence-corrected chi connectivity index (χ0v) is 9.75. The van der Waals surface area contributed by atoms with Crippen molar-refractivity contribution in [2.45, 2.75) is 0 Å². The number of benzene rings is 1. The fourth-order valence-electron chi connectivity index (χ4n) is 1.11. The van der Waals surface area contributed by atoms with Crippen molar-refractivity contribution in [2.75, 3.05) is 32.1 Å². The summed E-state index contributed by atoms with van der Waals surface area (Å²) in [6.45, 7) is 1.08. The minimum atomic E-state index is 0.528. The number of anilines is 1. The van der Waals surface area contributed by atoms with Crippen LogP contribution < -0.4 is 9.64 Å². The second kappa shape index (κ2) is 6.17. The molecule has 0 saturated carbocycles. The van der Waals surface area contributed by atoms with E-state index in [1.807, 2.05) is 43.3 Å². The highest BCUT2D eigenvalue weighted by Gasteiger charge is 1.97. The summed E-state index contributed by atoms with van der Waals surface area (Å²) in [5, 5.41) is 2.30. The number of rotatable bonds is 5. The number of ether oxygens (including phenoxy) is 1. The minimum absolute atomic E-state index is 0.528. The van der Waals surface area contributed by atoms with E-state index < -0.39 is 0 Å². The average molecular weight is 222 g/mol. The van der Waals surface area contributed by atoms with Crippen LogP contribution >= 0.6 is 12.2 Å². The van der Waals surface area contributed by atoms with Crippen molar-refractivity contribution in [3.8, 4) is 5.75 Å². The molecule has 0 aliphatic heterocycles. The molecule has 0 amide bonds. The Balaban J connectivity index is 2.54. The van der Waals surface area contributed by atoms with E-state index in [-0.39, 0.29) is 0 Å². The lowest BCUT2D eigenvalue weighted by atomic mass is 10.3. The first-order valence-corrected chi connectivity index (χ1v) is 5.08. The number of thiocarbonyl (C=S) groups is 1. The standard InChI is InChI=1S/C11H14N2OS/c1-13(2)10-4-3-5-11(8-10)14-7-6-12-9-15/h3-5,8H,6-7H2,1-2H3. The van der Waals surface area contributed by atoms with Gasteiger partial charge in [0.25, 0.3) is 0 Å². The molecule has 0 aromatic heterocycles. The maximum absolute atomic E-state index is 5.49. The lowest BCUT2D eigenvalue weighted by Gasteiger charge is -2.13. The van der Waals surface area contributed by atoms with E-state index in [1.54, 1.807) is 0 Å². The van der Waals surface area contributed by atoms with Crippen LogP contribution in [0, 0.1) is 0 Å². The Morgan fingerprint density at radius 3 is 2.93 bits per heavy atom. The predicted molar refractivity (Wildman–Crippen MR) is 66.2 cm³/mol. The van der Waals surface area contributed by atoms with Gasteiger partial charge in [0.1, 0.15) is 12.4 Å². The van der Waals surface area contributed by atoms with Crippen LogP contribution in [-0.2, 0) is 0 Å². The van der Waals surface area contributed by atoms with Crippen LogP contribution in [0.5, 0.6) is 5.75 Å². The average Bonchev–Trinajstić information content (AvgIpc) is 2.25. The third-order valence-corrected chi connectivity index (χ3v) is 2.00. The summed E-state index contributed by atoms with van der Waals surface area (Å²) < 4.78 is 5.49. The molecule has 0 atom stereocenters. The molecule has 0 unspecified atom stereocenters. The molecule has 0 bridgehead atoms. The molecule has 0 fully saturated rings. The quantitative estimate of drug-likeness (QED) is 0.434. The SMILES string of the molecule is CN(C)c1cccc(OCCN=C=S)c1. The van der Waals surface area contributed by atoms with Crippen molar-refractivity contribution in [1.82, 2.24) is 0 Å². The molecule has 0 heterocycles. The van der Waals surface area contributed by atoms with Crippen LogP contribution in [0.3, 0.4) is 0 Å². The van der Waals surface area contributed by atoms with E-state index in [2.05, 4.69) is 22.4 Å². The minimum Gasteiger partial charge on any atom is -0.492 e. The number of nitrogens with zero attached hydrogens (tertiary/aromatic N) is 2. The summed E-state index contributed by atoms with van der Waals surface area (Å²) in [7, 11) is 3.99. The van der Waals surface area contributed by atoms with E-state index in [9.17, 15) is 0 Å². The predicted octanol–water partition coefficient (Wildman–Crippen LogP) is 2.23. The summed E-state index contributed by atoms with van der Waals surface area (Å²) in [6, 6.07) is 7.91. The van der Waals surface area contributed by atoms with Crippen LogP contribution in [0.4, 0.5) is 5.69 Å². The Bertz CT molecular complexity index is 359. The Morgan fingerprint density at radius 2 is 2.27 bits per heavy atom. The highest BCUT2D eigenvalue weighted by molar-refractivity contribution is 7.78. The first-order valence-electron chi connectivity index (χ1n) is 4.68. The molecule has 3 nitrogen and oxygen atoms in total. The van der Waals surface area contributed by atoms with Crippen LogP contribution in [0.1, 0.15) is 0 Å². The fourth-order valence-corrected chi connectivity index (χ4v) is 1.20. The third kappa shape index (κ3) is 4.11. The molecule has 0 spiro atoms. The second-order valence-corrected chi connectivity index (χ2v) is 3.40. The molecule has 1 aromatic rings. The van der Waals surface area contributed by atoms with Crippen LogP contribution in [0.25, 0.3) is 0 Å². The van der Waals surface area contributed by atoms with Gasteiger partial charge in [0.15, 0.2) is 0 Å². The molecule has 15 heavy (non-hydrogen) atoms. The van der Waals surface area contributed by atoms with Crippen LogP contribution in [-0.4, -0.2) is 32.4 Å². The van der Waals surface area contributed by atoms with Gasteiger partial charge in [-0.05, 0) is 24.4 Å². The molecule has 0 aliphatic rings. The maximum Gasteiger partial charge on any atom is 0.121 e. The molecule has 0 radical (unpaired) electrons. The van der Waals surface area contributed by atoms with Gasteiger partial charge in [0, 0.05) is 25.8 Å². The van der Waals surface area contributed by atoms with E-state index in [1.165, 1.54) is 0 Å². The molecule has 80 valence electrons. The summed E-state index contributed by atoms with van der Waals surface area (Å²) in [6.07, 6.45) is 0. The zero-order chi connectivity index (χ0) is 11.1. The third-order valence-electron chi connectivity index (χ3n) is 1.87.